The Bertz CT molecular complexity index is 2100. The Hall–Kier alpha value is -4.47. The summed E-state index contributed by atoms with van der Waals surface area (Å²) in [6.45, 7) is 0. The standard InChI is InChI=1S/C33H20N2S/c1-2-8-21(9-3-1)22-16-17-30(24-18-19-34-20-28(22)24)35-29-12-6-4-10-23(29)26-14-15-27-25-11-5-7-13-31(25)36-33(27)32(26)35/h1-20H. The van der Waals surface area contributed by atoms with E-state index >= 15 is 0 Å². The average Bonchev–Trinajstić information content (AvgIpc) is 3.49. The van der Waals surface area contributed by atoms with Gasteiger partial charge in [-0.1, -0.05) is 84.9 Å². The summed E-state index contributed by atoms with van der Waals surface area (Å²) in [5.74, 6) is 0. The third kappa shape index (κ3) is 2.69. The van der Waals surface area contributed by atoms with Gasteiger partial charge in [0.1, 0.15) is 0 Å². The van der Waals surface area contributed by atoms with E-state index in [9.17, 15) is 0 Å². The number of hydrogen-bond acceptors (Lipinski definition) is 2. The summed E-state index contributed by atoms with van der Waals surface area (Å²) in [7, 11) is 0. The van der Waals surface area contributed by atoms with Crippen LogP contribution in [0.1, 0.15) is 0 Å². The summed E-state index contributed by atoms with van der Waals surface area (Å²) >= 11 is 1.89. The van der Waals surface area contributed by atoms with Crippen LogP contribution < -0.4 is 0 Å². The van der Waals surface area contributed by atoms with Crippen molar-refractivity contribution in [2.75, 3.05) is 0 Å². The Kier molecular flexibility index (Phi) is 4.13. The van der Waals surface area contributed by atoms with Crippen molar-refractivity contribution in [3.8, 4) is 16.8 Å². The van der Waals surface area contributed by atoms with E-state index in [0.717, 1.165) is 5.39 Å². The number of pyridine rings is 1. The zero-order valence-corrected chi connectivity index (χ0v) is 20.2. The maximum absolute atomic E-state index is 4.52. The van der Waals surface area contributed by atoms with Gasteiger partial charge >= 0.3 is 0 Å². The molecular weight excluding hydrogens is 456 g/mol. The summed E-state index contributed by atoms with van der Waals surface area (Å²) in [6, 6.07) is 39.4. The molecule has 0 aliphatic carbocycles. The lowest BCUT2D eigenvalue weighted by molar-refractivity contribution is 1.20. The fourth-order valence-electron chi connectivity index (χ4n) is 5.72. The minimum Gasteiger partial charge on any atom is -0.307 e. The number of fused-ring (bicyclic) bond motifs is 8. The number of para-hydroxylation sites is 1. The molecule has 0 spiro atoms. The first-order chi connectivity index (χ1) is 17.9. The van der Waals surface area contributed by atoms with Gasteiger partial charge in [0.2, 0.25) is 0 Å². The first kappa shape index (κ1) is 19.8. The van der Waals surface area contributed by atoms with Crippen LogP contribution in [-0.4, -0.2) is 9.55 Å². The van der Waals surface area contributed by atoms with E-state index in [0.29, 0.717) is 0 Å². The molecule has 0 unspecified atom stereocenters. The molecule has 0 fully saturated rings. The summed E-state index contributed by atoms with van der Waals surface area (Å²) in [5, 5.41) is 7.58. The van der Waals surface area contributed by atoms with Crippen molar-refractivity contribution in [1.82, 2.24) is 9.55 Å². The van der Waals surface area contributed by atoms with E-state index < -0.39 is 0 Å². The van der Waals surface area contributed by atoms with Crippen molar-refractivity contribution in [1.29, 1.82) is 0 Å². The maximum atomic E-state index is 4.52. The van der Waals surface area contributed by atoms with Gasteiger partial charge in [-0.25, -0.2) is 0 Å². The Morgan fingerprint density at radius 3 is 2.25 bits per heavy atom. The fourth-order valence-corrected chi connectivity index (χ4v) is 6.96. The minimum absolute atomic E-state index is 1.16. The van der Waals surface area contributed by atoms with Gasteiger partial charge in [-0.3, -0.25) is 4.98 Å². The van der Waals surface area contributed by atoms with Crippen molar-refractivity contribution in [3.63, 3.8) is 0 Å². The van der Waals surface area contributed by atoms with Crippen LogP contribution in [0.5, 0.6) is 0 Å². The van der Waals surface area contributed by atoms with Crippen LogP contribution in [0.25, 0.3) is 69.6 Å². The van der Waals surface area contributed by atoms with Crippen molar-refractivity contribution in [3.05, 3.63) is 122 Å². The lowest BCUT2D eigenvalue weighted by Crippen LogP contribution is -1.97. The maximum Gasteiger partial charge on any atom is 0.0720 e. The molecule has 0 saturated carbocycles. The van der Waals surface area contributed by atoms with Gasteiger partial charge in [0, 0.05) is 49.4 Å². The monoisotopic (exact) mass is 476 g/mol. The van der Waals surface area contributed by atoms with Crippen molar-refractivity contribution < 1.29 is 0 Å². The third-order valence-electron chi connectivity index (χ3n) is 7.30. The van der Waals surface area contributed by atoms with E-state index in [1.54, 1.807) is 0 Å². The minimum atomic E-state index is 1.16. The number of rotatable bonds is 2. The lowest BCUT2D eigenvalue weighted by atomic mass is 9.98. The van der Waals surface area contributed by atoms with Crippen LogP contribution in [-0.2, 0) is 0 Å². The molecule has 3 aromatic heterocycles. The van der Waals surface area contributed by atoms with Crippen molar-refractivity contribution >= 4 is 64.1 Å². The number of nitrogens with zero attached hydrogens (tertiary/aromatic N) is 2. The number of aromatic nitrogens is 2. The number of benzene rings is 5. The summed E-state index contributed by atoms with van der Waals surface area (Å²) in [5.41, 5.74) is 6.10. The molecule has 0 aliphatic rings. The van der Waals surface area contributed by atoms with Crippen LogP contribution >= 0.6 is 11.3 Å². The quantitative estimate of drug-likeness (QED) is 0.243. The molecule has 0 atom stereocenters. The highest BCUT2D eigenvalue weighted by Gasteiger charge is 2.19. The Balaban J connectivity index is 1.56. The Morgan fingerprint density at radius 1 is 0.556 bits per heavy atom. The largest absolute Gasteiger partial charge is 0.307 e. The normalized spacial score (nSPS) is 11.9. The SMILES string of the molecule is c1ccc(-c2ccc(-n3c4ccccc4c4ccc5c6ccccc6sc5c43)c3ccncc23)cc1. The third-order valence-corrected chi connectivity index (χ3v) is 8.49. The first-order valence-corrected chi connectivity index (χ1v) is 13.0. The number of thiophene rings is 1. The molecule has 8 rings (SSSR count). The van der Waals surface area contributed by atoms with Crippen LogP contribution in [0.3, 0.4) is 0 Å². The fraction of sp³-hybridized carbons (Fsp3) is 0. The predicted octanol–water partition coefficient (Wildman–Crippen LogP) is 9.37. The lowest BCUT2D eigenvalue weighted by Gasteiger charge is -2.15. The van der Waals surface area contributed by atoms with E-state index in [-0.39, 0.29) is 0 Å². The molecule has 0 radical (unpaired) electrons. The van der Waals surface area contributed by atoms with Crippen LogP contribution in [0.4, 0.5) is 0 Å². The van der Waals surface area contributed by atoms with E-state index in [2.05, 4.69) is 119 Å². The second kappa shape index (κ2) is 7.51. The molecule has 168 valence electrons. The summed E-state index contributed by atoms with van der Waals surface area (Å²) < 4.78 is 5.13. The van der Waals surface area contributed by atoms with Gasteiger partial charge in [-0.2, -0.15) is 0 Å². The molecule has 2 nitrogen and oxygen atoms in total. The van der Waals surface area contributed by atoms with Crippen LogP contribution in [0.15, 0.2) is 122 Å². The van der Waals surface area contributed by atoms with Crippen molar-refractivity contribution in [2.45, 2.75) is 0 Å². The molecule has 3 heteroatoms. The van der Waals surface area contributed by atoms with Crippen LogP contribution in [0, 0.1) is 0 Å². The second-order valence-electron chi connectivity index (χ2n) is 9.21. The zero-order valence-electron chi connectivity index (χ0n) is 19.3. The molecule has 5 aromatic carbocycles. The Morgan fingerprint density at radius 2 is 1.33 bits per heavy atom. The zero-order chi connectivity index (χ0) is 23.6. The molecular formula is C33H20N2S. The topological polar surface area (TPSA) is 17.8 Å². The van der Waals surface area contributed by atoms with Crippen molar-refractivity contribution in [2.24, 2.45) is 0 Å². The number of hydrogen-bond donors (Lipinski definition) is 0. The van der Waals surface area contributed by atoms with Gasteiger partial charge in [0.15, 0.2) is 0 Å². The van der Waals surface area contributed by atoms with Crippen LogP contribution in [0.2, 0.25) is 0 Å². The highest BCUT2D eigenvalue weighted by molar-refractivity contribution is 7.26. The first-order valence-electron chi connectivity index (χ1n) is 12.1. The van der Waals surface area contributed by atoms with Gasteiger partial charge in [0.05, 0.1) is 21.4 Å². The molecule has 3 heterocycles. The smallest absolute Gasteiger partial charge is 0.0720 e. The van der Waals surface area contributed by atoms with E-state index in [4.69, 9.17) is 0 Å². The average molecular weight is 477 g/mol. The van der Waals surface area contributed by atoms with E-state index in [1.165, 1.54) is 64.2 Å². The molecule has 0 amide bonds. The molecule has 0 saturated heterocycles. The summed E-state index contributed by atoms with van der Waals surface area (Å²) in [6.07, 6.45) is 3.91. The molecule has 0 aliphatic heterocycles. The summed E-state index contributed by atoms with van der Waals surface area (Å²) in [4.78, 5) is 4.52. The highest BCUT2D eigenvalue weighted by atomic mass is 32.1. The van der Waals surface area contributed by atoms with Gasteiger partial charge in [0.25, 0.3) is 0 Å². The molecule has 0 N–H and O–H groups in total. The van der Waals surface area contributed by atoms with Gasteiger partial charge in [-0.15, -0.1) is 11.3 Å². The van der Waals surface area contributed by atoms with Gasteiger partial charge in [-0.05, 0) is 35.4 Å². The van der Waals surface area contributed by atoms with Gasteiger partial charge < -0.3 is 4.57 Å². The molecule has 36 heavy (non-hydrogen) atoms. The molecule has 8 aromatic rings. The second-order valence-corrected chi connectivity index (χ2v) is 10.3. The predicted molar refractivity (Wildman–Crippen MR) is 154 cm³/mol. The Labute approximate surface area is 211 Å². The molecule has 0 bridgehead atoms. The van der Waals surface area contributed by atoms with E-state index in [1.807, 2.05) is 23.7 Å². The highest BCUT2D eigenvalue weighted by Crippen LogP contribution is 2.44.